The Kier molecular flexibility index (Phi) is 32.4. The Morgan fingerprint density at radius 1 is 0.455 bits per heavy atom. The molecule has 1 atom stereocenters. The van der Waals surface area contributed by atoms with Crippen LogP contribution in [0.4, 0.5) is 0 Å². The molecular formula is C39H76O5. The molecule has 0 aromatic heterocycles. The molecule has 0 spiro atoms. The molecule has 0 aliphatic carbocycles. The van der Waals surface area contributed by atoms with Crippen molar-refractivity contribution in [2.75, 3.05) is 13.2 Å². The zero-order chi connectivity index (χ0) is 32.5. The van der Waals surface area contributed by atoms with Crippen molar-refractivity contribution in [3.05, 3.63) is 0 Å². The molecule has 0 aliphatic rings. The van der Waals surface area contributed by atoms with Gasteiger partial charge in [-0.1, -0.05) is 182 Å². The number of unbranched alkanes of at least 4 members (excludes halogenated alkanes) is 22. The van der Waals surface area contributed by atoms with Gasteiger partial charge in [-0.15, -0.1) is 0 Å². The molecule has 0 saturated heterocycles. The predicted molar refractivity (Wildman–Crippen MR) is 187 cm³/mol. The van der Waals surface area contributed by atoms with Crippen molar-refractivity contribution in [1.29, 1.82) is 0 Å². The van der Waals surface area contributed by atoms with Crippen LogP contribution >= 0.6 is 0 Å². The highest BCUT2D eigenvalue weighted by molar-refractivity contribution is 5.70. The van der Waals surface area contributed by atoms with Gasteiger partial charge in [-0.25, -0.2) is 0 Å². The summed E-state index contributed by atoms with van der Waals surface area (Å²) >= 11 is 0. The van der Waals surface area contributed by atoms with Crippen molar-refractivity contribution in [3.63, 3.8) is 0 Å². The SMILES string of the molecule is CC(C)CCCCCCCCCCCCCCC(=O)OC[C@H](CO)OC(=O)CCCCCCCCCCCCCCC(C)C. The smallest absolute Gasteiger partial charge is 0.306 e. The average molecular weight is 625 g/mol. The number of esters is 2. The Labute approximate surface area is 274 Å². The van der Waals surface area contributed by atoms with Crippen LogP contribution in [0.5, 0.6) is 0 Å². The molecule has 0 saturated carbocycles. The van der Waals surface area contributed by atoms with Gasteiger partial charge in [-0.05, 0) is 24.7 Å². The zero-order valence-electron chi connectivity index (χ0n) is 30.0. The molecule has 0 bridgehead atoms. The first-order valence-electron chi connectivity index (χ1n) is 19.3. The van der Waals surface area contributed by atoms with Crippen molar-refractivity contribution >= 4 is 11.9 Å². The lowest BCUT2D eigenvalue weighted by atomic mass is 10.0. The van der Waals surface area contributed by atoms with Crippen LogP contribution in [0.3, 0.4) is 0 Å². The summed E-state index contributed by atoms with van der Waals surface area (Å²) < 4.78 is 10.6. The molecule has 0 rings (SSSR count). The molecule has 5 nitrogen and oxygen atoms in total. The Morgan fingerprint density at radius 3 is 1.07 bits per heavy atom. The van der Waals surface area contributed by atoms with E-state index in [2.05, 4.69) is 27.7 Å². The first-order valence-corrected chi connectivity index (χ1v) is 19.3. The van der Waals surface area contributed by atoms with Crippen molar-refractivity contribution in [2.45, 2.75) is 214 Å². The maximum atomic E-state index is 12.1. The molecule has 0 aromatic carbocycles. The summed E-state index contributed by atoms with van der Waals surface area (Å²) in [5, 5.41) is 9.54. The Hall–Kier alpha value is -1.10. The van der Waals surface area contributed by atoms with Gasteiger partial charge in [-0.2, -0.15) is 0 Å². The molecule has 0 amide bonds. The largest absolute Gasteiger partial charge is 0.462 e. The van der Waals surface area contributed by atoms with Crippen LogP contribution in [0, 0.1) is 11.8 Å². The highest BCUT2D eigenvalue weighted by Gasteiger charge is 2.16. The number of rotatable bonds is 34. The van der Waals surface area contributed by atoms with E-state index >= 15 is 0 Å². The number of ether oxygens (including phenoxy) is 2. The normalized spacial score (nSPS) is 12.2. The van der Waals surface area contributed by atoms with E-state index in [-0.39, 0.29) is 25.2 Å². The first kappa shape index (κ1) is 42.9. The maximum absolute atomic E-state index is 12.1. The molecule has 0 unspecified atom stereocenters. The van der Waals surface area contributed by atoms with Gasteiger partial charge in [0.15, 0.2) is 6.10 Å². The van der Waals surface area contributed by atoms with Crippen LogP contribution in [0.1, 0.15) is 207 Å². The van der Waals surface area contributed by atoms with Crippen LogP contribution in [-0.4, -0.2) is 36.4 Å². The lowest BCUT2D eigenvalue weighted by molar-refractivity contribution is -0.161. The van der Waals surface area contributed by atoms with Gasteiger partial charge in [0.1, 0.15) is 6.61 Å². The lowest BCUT2D eigenvalue weighted by Crippen LogP contribution is -2.28. The van der Waals surface area contributed by atoms with E-state index < -0.39 is 6.10 Å². The Bertz CT molecular complexity index is 618. The number of hydrogen-bond acceptors (Lipinski definition) is 5. The van der Waals surface area contributed by atoms with E-state index in [4.69, 9.17) is 9.47 Å². The van der Waals surface area contributed by atoms with E-state index in [0.29, 0.717) is 12.8 Å². The fourth-order valence-corrected chi connectivity index (χ4v) is 5.81. The molecule has 44 heavy (non-hydrogen) atoms. The molecular weight excluding hydrogens is 548 g/mol. The minimum Gasteiger partial charge on any atom is -0.462 e. The molecule has 0 radical (unpaired) electrons. The molecule has 0 aliphatic heterocycles. The van der Waals surface area contributed by atoms with Gasteiger partial charge in [0.05, 0.1) is 6.61 Å². The second kappa shape index (κ2) is 33.3. The molecule has 262 valence electrons. The van der Waals surface area contributed by atoms with Gasteiger partial charge >= 0.3 is 11.9 Å². The maximum Gasteiger partial charge on any atom is 0.306 e. The monoisotopic (exact) mass is 625 g/mol. The van der Waals surface area contributed by atoms with Gasteiger partial charge in [0.2, 0.25) is 0 Å². The number of carbonyl (C=O) groups is 2. The van der Waals surface area contributed by atoms with Crippen molar-refractivity contribution in [3.8, 4) is 0 Å². The molecule has 0 heterocycles. The van der Waals surface area contributed by atoms with Crippen molar-refractivity contribution in [1.82, 2.24) is 0 Å². The third-order valence-electron chi connectivity index (χ3n) is 8.76. The summed E-state index contributed by atoms with van der Waals surface area (Å²) in [6.07, 6.45) is 33.0. The van der Waals surface area contributed by atoms with Crippen LogP contribution in [0.25, 0.3) is 0 Å². The van der Waals surface area contributed by atoms with Crippen molar-refractivity contribution in [2.24, 2.45) is 11.8 Å². The third-order valence-corrected chi connectivity index (χ3v) is 8.76. The summed E-state index contributed by atoms with van der Waals surface area (Å²) in [7, 11) is 0. The molecule has 5 heteroatoms. The summed E-state index contributed by atoms with van der Waals surface area (Å²) in [6.45, 7) is 8.85. The number of aliphatic hydroxyl groups excluding tert-OH is 1. The van der Waals surface area contributed by atoms with Crippen LogP contribution in [0.2, 0.25) is 0 Å². The fourth-order valence-electron chi connectivity index (χ4n) is 5.81. The van der Waals surface area contributed by atoms with Crippen LogP contribution < -0.4 is 0 Å². The highest BCUT2D eigenvalue weighted by atomic mass is 16.6. The van der Waals surface area contributed by atoms with Crippen LogP contribution in [-0.2, 0) is 19.1 Å². The topological polar surface area (TPSA) is 72.8 Å². The van der Waals surface area contributed by atoms with E-state index in [9.17, 15) is 14.7 Å². The van der Waals surface area contributed by atoms with Crippen LogP contribution in [0.15, 0.2) is 0 Å². The second-order valence-corrected chi connectivity index (χ2v) is 14.3. The average Bonchev–Trinajstić information content (AvgIpc) is 2.99. The fraction of sp³-hybridized carbons (Fsp3) is 0.949. The number of hydrogen-bond donors (Lipinski definition) is 1. The second-order valence-electron chi connectivity index (χ2n) is 14.3. The summed E-state index contributed by atoms with van der Waals surface area (Å²) in [5.41, 5.74) is 0. The van der Waals surface area contributed by atoms with E-state index in [1.807, 2.05) is 0 Å². The van der Waals surface area contributed by atoms with E-state index in [1.54, 1.807) is 0 Å². The zero-order valence-corrected chi connectivity index (χ0v) is 30.0. The predicted octanol–water partition coefficient (Wildman–Crippen LogP) is 11.7. The molecule has 1 N–H and O–H groups in total. The number of carbonyl (C=O) groups excluding carboxylic acids is 2. The standard InChI is InChI=1S/C39H76O5/c1-35(2)29-25-21-17-13-9-5-7-11-15-19-23-27-31-38(41)43-34-37(33-40)44-39(42)32-28-24-20-16-12-8-6-10-14-18-22-26-30-36(3)4/h35-37,40H,5-34H2,1-4H3/t37-/m0/s1. The first-order chi connectivity index (χ1) is 21.3. The van der Waals surface area contributed by atoms with Gasteiger partial charge in [0, 0.05) is 12.8 Å². The Balaban J connectivity index is 3.51. The molecule has 0 fully saturated rings. The van der Waals surface area contributed by atoms with Gasteiger partial charge < -0.3 is 14.6 Å². The minimum absolute atomic E-state index is 0.0588. The third kappa shape index (κ3) is 33.8. The lowest BCUT2D eigenvalue weighted by Gasteiger charge is -2.15. The highest BCUT2D eigenvalue weighted by Crippen LogP contribution is 2.16. The minimum atomic E-state index is -0.762. The summed E-state index contributed by atoms with van der Waals surface area (Å²) in [4.78, 5) is 24.2. The van der Waals surface area contributed by atoms with Gasteiger partial charge in [-0.3, -0.25) is 9.59 Å². The Morgan fingerprint density at radius 2 is 0.750 bits per heavy atom. The van der Waals surface area contributed by atoms with E-state index in [0.717, 1.165) is 50.4 Å². The quantitative estimate of drug-likeness (QED) is 0.0569. The van der Waals surface area contributed by atoms with Gasteiger partial charge in [0.25, 0.3) is 0 Å². The number of aliphatic hydroxyl groups is 1. The van der Waals surface area contributed by atoms with E-state index in [1.165, 1.54) is 128 Å². The van der Waals surface area contributed by atoms with Crippen molar-refractivity contribution < 1.29 is 24.2 Å². The molecule has 0 aromatic rings. The summed E-state index contributed by atoms with van der Waals surface area (Å²) in [5.74, 6) is 1.10. The summed E-state index contributed by atoms with van der Waals surface area (Å²) in [6, 6.07) is 0.